The predicted molar refractivity (Wildman–Crippen MR) is 98.9 cm³/mol. The molecule has 0 N–H and O–H groups in total. The Morgan fingerprint density at radius 2 is 2.00 bits per heavy atom. The molecule has 0 aliphatic heterocycles. The molecule has 0 aromatic heterocycles. The molecule has 4 atom stereocenters. The molecule has 0 heterocycles. The summed E-state index contributed by atoms with van der Waals surface area (Å²) in [5, 5.41) is 0. The van der Waals surface area contributed by atoms with Crippen LogP contribution in [0, 0.1) is 17.3 Å². The molecule has 0 amide bonds. The molecule has 0 bridgehead atoms. The van der Waals surface area contributed by atoms with Gasteiger partial charge in [-0.3, -0.25) is 4.79 Å². The third-order valence-corrected chi connectivity index (χ3v) is 6.69. The summed E-state index contributed by atoms with van der Waals surface area (Å²) in [7, 11) is 0. The molecule has 0 aromatic rings. The average molecular weight is 331 g/mol. The van der Waals surface area contributed by atoms with Crippen LogP contribution in [0.5, 0.6) is 0 Å². The molecule has 0 aromatic carbocycles. The number of ketones is 1. The second-order valence-electron chi connectivity index (χ2n) is 9.31. The first-order valence-electron chi connectivity index (χ1n) is 9.80. The van der Waals surface area contributed by atoms with Crippen LogP contribution < -0.4 is 0 Å². The highest BCUT2D eigenvalue weighted by Crippen LogP contribution is 2.60. The quantitative estimate of drug-likeness (QED) is 0.625. The number of rotatable bonds is 4. The standard InChI is InChI=1S/C22H34O2/c1-6-7-8-17-15-13-14-22(5)18(16(15)9-11-19(17)23)10-12-20(22)24-21(2,3)4/h6,16,18,20H,1,7-14H2,2-5H3/t16?,18?,20-,22-/m1/s1. The summed E-state index contributed by atoms with van der Waals surface area (Å²) >= 11 is 0. The fraction of sp³-hybridized carbons (Fsp3) is 0.773. The van der Waals surface area contributed by atoms with Crippen molar-refractivity contribution in [2.24, 2.45) is 17.3 Å². The summed E-state index contributed by atoms with van der Waals surface area (Å²) in [5.74, 6) is 1.72. The highest BCUT2D eigenvalue weighted by molar-refractivity contribution is 5.97. The largest absolute Gasteiger partial charge is 0.372 e. The van der Waals surface area contributed by atoms with Crippen molar-refractivity contribution < 1.29 is 9.53 Å². The maximum atomic E-state index is 12.5. The molecule has 134 valence electrons. The molecule has 2 unspecified atom stereocenters. The van der Waals surface area contributed by atoms with Gasteiger partial charge in [-0.2, -0.15) is 0 Å². The van der Waals surface area contributed by atoms with Crippen molar-refractivity contribution in [3.05, 3.63) is 23.8 Å². The van der Waals surface area contributed by atoms with Gasteiger partial charge in [-0.15, -0.1) is 6.58 Å². The summed E-state index contributed by atoms with van der Waals surface area (Å²) in [6, 6.07) is 0. The molecule has 2 nitrogen and oxygen atoms in total. The first-order valence-corrected chi connectivity index (χ1v) is 9.80. The second kappa shape index (κ2) is 6.44. The van der Waals surface area contributed by atoms with E-state index in [0.717, 1.165) is 37.7 Å². The zero-order valence-corrected chi connectivity index (χ0v) is 16.0. The van der Waals surface area contributed by atoms with E-state index < -0.39 is 0 Å². The Morgan fingerprint density at radius 3 is 2.67 bits per heavy atom. The molecular formula is C22H34O2. The van der Waals surface area contributed by atoms with Crippen LogP contribution in [0.4, 0.5) is 0 Å². The molecule has 24 heavy (non-hydrogen) atoms. The number of carbonyl (C=O) groups excluding carboxylic acids is 1. The van der Waals surface area contributed by atoms with Crippen LogP contribution in [0.3, 0.4) is 0 Å². The van der Waals surface area contributed by atoms with E-state index in [0.29, 0.717) is 23.7 Å². The topological polar surface area (TPSA) is 26.3 Å². The van der Waals surface area contributed by atoms with Gasteiger partial charge in [-0.05, 0) is 88.5 Å². The summed E-state index contributed by atoms with van der Waals surface area (Å²) < 4.78 is 6.47. The third kappa shape index (κ3) is 3.14. The highest BCUT2D eigenvalue weighted by Gasteiger charge is 2.54. The van der Waals surface area contributed by atoms with Gasteiger partial charge in [0.1, 0.15) is 0 Å². The number of allylic oxidation sites excluding steroid dienone is 3. The minimum absolute atomic E-state index is 0.0731. The summed E-state index contributed by atoms with van der Waals surface area (Å²) in [6.45, 7) is 12.8. The lowest BCUT2D eigenvalue weighted by molar-refractivity contribution is -0.122. The maximum Gasteiger partial charge on any atom is 0.158 e. The minimum Gasteiger partial charge on any atom is -0.372 e. The van der Waals surface area contributed by atoms with E-state index in [2.05, 4.69) is 34.3 Å². The average Bonchev–Trinajstić information content (AvgIpc) is 2.81. The van der Waals surface area contributed by atoms with E-state index in [1.54, 1.807) is 0 Å². The zero-order valence-electron chi connectivity index (χ0n) is 16.0. The van der Waals surface area contributed by atoms with E-state index in [1.165, 1.54) is 24.8 Å². The SMILES string of the molecule is C=CCCC1=C2CC[C@]3(C)C(CC[C@H]3OC(C)(C)C)C2CCC1=O. The number of fused-ring (bicyclic) bond motifs is 3. The van der Waals surface area contributed by atoms with Crippen LogP contribution in [-0.2, 0) is 9.53 Å². The van der Waals surface area contributed by atoms with E-state index in [4.69, 9.17) is 4.74 Å². The molecule has 3 aliphatic carbocycles. The van der Waals surface area contributed by atoms with Crippen molar-refractivity contribution in [2.45, 2.75) is 90.8 Å². The molecular weight excluding hydrogens is 296 g/mol. The Labute approximate surface area is 147 Å². The first-order chi connectivity index (χ1) is 11.3. The fourth-order valence-electron chi connectivity index (χ4n) is 5.60. The Morgan fingerprint density at radius 1 is 1.25 bits per heavy atom. The molecule has 3 rings (SSSR count). The van der Waals surface area contributed by atoms with Crippen LogP contribution in [0.1, 0.15) is 79.1 Å². The third-order valence-electron chi connectivity index (χ3n) is 6.69. The predicted octanol–water partition coefficient (Wildman–Crippen LogP) is 5.62. The normalized spacial score (nSPS) is 36.5. The van der Waals surface area contributed by atoms with Crippen molar-refractivity contribution in [1.29, 1.82) is 0 Å². The number of hydrogen-bond acceptors (Lipinski definition) is 2. The van der Waals surface area contributed by atoms with Crippen molar-refractivity contribution >= 4 is 5.78 Å². The van der Waals surface area contributed by atoms with Gasteiger partial charge < -0.3 is 4.74 Å². The van der Waals surface area contributed by atoms with E-state index in [1.807, 2.05) is 6.08 Å². The Bertz CT molecular complexity index is 551. The van der Waals surface area contributed by atoms with Crippen LogP contribution in [-0.4, -0.2) is 17.5 Å². The molecule has 0 spiro atoms. The molecule has 2 fully saturated rings. The molecule has 3 aliphatic rings. The Hall–Kier alpha value is -0.890. The van der Waals surface area contributed by atoms with Crippen molar-refractivity contribution in [3.8, 4) is 0 Å². The Kier molecular flexibility index (Phi) is 4.81. The summed E-state index contributed by atoms with van der Waals surface area (Å²) in [5.41, 5.74) is 2.88. The first kappa shape index (κ1) is 17.9. The number of hydrogen-bond donors (Lipinski definition) is 0. The van der Waals surface area contributed by atoms with E-state index in [-0.39, 0.29) is 11.0 Å². The molecule has 2 heteroatoms. The smallest absolute Gasteiger partial charge is 0.158 e. The van der Waals surface area contributed by atoms with Gasteiger partial charge in [-0.1, -0.05) is 18.6 Å². The van der Waals surface area contributed by atoms with Crippen molar-refractivity contribution in [2.75, 3.05) is 0 Å². The van der Waals surface area contributed by atoms with Gasteiger partial charge in [0, 0.05) is 6.42 Å². The van der Waals surface area contributed by atoms with Gasteiger partial charge in [-0.25, -0.2) is 0 Å². The molecule has 2 saturated carbocycles. The minimum atomic E-state index is -0.0731. The van der Waals surface area contributed by atoms with Gasteiger partial charge in [0.15, 0.2) is 5.78 Å². The molecule has 0 saturated heterocycles. The lowest BCUT2D eigenvalue weighted by Gasteiger charge is -2.49. The Balaban J connectivity index is 1.86. The second-order valence-corrected chi connectivity index (χ2v) is 9.31. The fourth-order valence-corrected chi connectivity index (χ4v) is 5.60. The number of carbonyl (C=O) groups is 1. The van der Waals surface area contributed by atoms with Crippen LogP contribution >= 0.6 is 0 Å². The van der Waals surface area contributed by atoms with Crippen LogP contribution in [0.25, 0.3) is 0 Å². The van der Waals surface area contributed by atoms with Gasteiger partial charge >= 0.3 is 0 Å². The van der Waals surface area contributed by atoms with E-state index >= 15 is 0 Å². The zero-order chi connectivity index (χ0) is 17.5. The highest BCUT2D eigenvalue weighted by atomic mass is 16.5. The maximum absolute atomic E-state index is 12.5. The van der Waals surface area contributed by atoms with Crippen LogP contribution in [0.2, 0.25) is 0 Å². The lowest BCUT2D eigenvalue weighted by Crippen LogP contribution is -2.45. The van der Waals surface area contributed by atoms with Gasteiger partial charge in [0.25, 0.3) is 0 Å². The number of Topliss-reactive ketones (excluding diaryl/α,β-unsaturated/α-hetero) is 1. The summed E-state index contributed by atoms with van der Waals surface area (Å²) in [4.78, 5) is 12.5. The van der Waals surface area contributed by atoms with Gasteiger partial charge in [0.2, 0.25) is 0 Å². The number of ether oxygens (including phenoxy) is 1. The van der Waals surface area contributed by atoms with Crippen molar-refractivity contribution in [1.82, 2.24) is 0 Å². The summed E-state index contributed by atoms with van der Waals surface area (Å²) in [6.07, 6.45) is 10.7. The molecule has 0 radical (unpaired) electrons. The lowest BCUT2D eigenvalue weighted by atomic mass is 9.58. The van der Waals surface area contributed by atoms with Gasteiger partial charge in [0.05, 0.1) is 11.7 Å². The van der Waals surface area contributed by atoms with Crippen LogP contribution in [0.15, 0.2) is 23.8 Å². The van der Waals surface area contributed by atoms with E-state index in [9.17, 15) is 4.79 Å². The van der Waals surface area contributed by atoms with Crippen molar-refractivity contribution in [3.63, 3.8) is 0 Å². The monoisotopic (exact) mass is 330 g/mol.